The standard InChI is InChI=1S/C33H37N5O2S/c1-6-24-13-11-12-21(2)31(24)38-22(3)20-25(23(38)4)32-30(27-15-9-10-18-34-27)36-33(41)37(32)19-17-29(39)35-26-14-7-8-16-28(26)40-5/h7-16,18,20,30,32H,6,17,19H2,1-5H3,(H,35,39)(H,36,41)/t30-,32+/m1/s1. The van der Waals surface area contributed by atoms with Gasteiger partial charge in [-0.05, 0) is 86.4 Å². The van der Waals surface area contributed by atoms with Crippen LogP contribution in [-0.2, 0) is 11.2 Å². The van der Waals surface area contributed by atoms with Crippen LogP contribution >= 0.6 is 12.2 Å². The lowest BCUT2D eigenvalue weighted by Gasteiger charge is -2.28. The minimum absolute atomic E-state index is 0.102. The van der Waals surface area contributed by atoms with E-state index in [1.54, 1.807) is 7.11 Å². The Kier molecular flexibility index (Phi) is 8.40. The fourth-order valence-electron chi connectivity index (χ4n) is 5.92. The van der Waals surface area contributed by atoms with Crippen LogP contribution < -0.4 is 15.4 Å². The summed E-state index contributed by atoms with van der Waals surface area (Å²) >= 11 is 5.88. The predicted octanol–water partition coefficient (Wildman–Crippen LogP) is 6.37. The first-order chi connectivity index (χ1) is 19.8. The van der Waals surface area contributed by atoms with Gasteiger partial charge in [0.15, 0.2) is 5.11 Å². The minimum Gasteiger partial charge on any atom is -0.495 e. The molecule has 0 bridgehead atoms. The number of aromatic nitrogens is 2. The number of thiocarbonyl (C=S) groups is 1. The second-order valence-electron chi connectivity index (χ2n) is 10.4. The van der Waals surface area contributed by atoms with E-state index in [-0.39, 0.29) is 24.4 Å². The molecule has 41 heavy (non-hydrogen) atoms. The van der Waals surface area contributed by atoms with Crippen molar-refractivity contribution in [3.05, 3.63) is 107 Å². The van der Waals surface area contributed by atoms with Gasteiger partial charge in [0.1, 0.15) is 5.75 Å². The van der Waals surface area contributed by atoms with Gasteiger partial charge in [0.2, 0.25) is 5.91 Å². The Morgan fingerprint density at radius 2 is 1.85 bits per heavy atom. The van der Waals surface area contributed by atoms with Crippen LogP contribution in [0.2, 0.25) is 0 Å². The number of anilines is 1. The summed E-state index contributed by atoms with van der Waals surface area (Å²) < 4.78 is 7.77. The van der Waals surface area contributed by atoms with Crippen LogP contribution in [0.5, 0.6) is 5.75 Å². The molecule has 1 aliphatic rings. The van der Waals surface area contributed by atoms with Crippen LogP contribution in [0, 0.1) is 20.8 Å². The lowest BCUT2D eigenvalue weighted by Crippen LogP contribution is -2.33. The van der Waals surface area contributed by atoms with E-state index in [9.17, 15) is 4.79 Å². The van der Waals surface area contributed by atoms with Gasteiger partial charge in [0, 0.05) is 30.6 Å². The van der Waals surface area contributed by atoms with E-state index in [2.05, 4.69) is 77.0 Å². The van der Waals surface area contributed by atoms with E-state index in [0.717, 1.165) is 23.5 Å². The first-order valence-corrected chi connectivity index (χ1v) is 14.4. The summed E-state index contributed by atoms with van der Waals surface area (Å²) in [6.45, 7) is 9.15. The molecule has 4 aromatic rings. The SMILES string of the molecule is CCc1cccc(C)c1-n1c(C)cc([C@H]2[C@@H](c3ccccn3)NC(=S)N2CCC(=O)Nc2ccccc2OC)c1C. The Hall–Kier alpha value is -4.17. The summed E-state index contributed by atoms with van der Waals surface area (Å²) in [4.78, 5) is 19.9. The van der Waals surface area contributed by atoms with Crippen LogP contribution in [0.15, 0.2) is 72.9 Å². The highest BCUT2D eigenvalue weighted by atomic mass is 32.1. The van der Waals surface area contributed by atoms with Crippen molar-refractivity contribution in [1.82, 2.24) is 19.8 Å². The first-order valence-electron chi connectivity index (χ1n) is 14.0. The monoisotopic (exact) mass is 567 g/mol. The molecule has 0 unspecified atom stereocenters. The molecule has 1 saturated heterocycles. The van der Waals surface area contributed by atoms with Crippen molar-refractivity contribution in [3.8, 4) is 11.4 Å². The van der Waals surface area contributed by atoms with Gasteiger partial charge in [-0.2, -0.15) is 0 Å². The molecule has 1 fully saturated rings. The highest BCUT2D eigenvalue weighted by Gasteiger charge is 2.41. The lowest BCUT2D eigenvalue weighted by molar-refractivity contribution is -0.116. The maximum atomic E-state index is 13.1. The van der Waals surface area contributed by atoms with Gasteiger partial charge < -0.3 is 24.8 Å². The number of rotatable bonds is 9. The maximum absolute atomic E-state index is 13.1. The number of hydrogen-bond donors (Lipinski definition) is 2. The number of amides is 1. The predicted molar refractivity (Wildman–Crippen MR) is 168 cm³/mol. The third kappa shape index (κ3) is 5.57. The Balaban J connectivity index is 1.50. The molecule has 1 amide bonds. The van der Waals surface area contributed by atoms with Gasteiger partial charge in [-0.1, -0.05) is 43.3 Å². The van der Waals surface area contributed by atoms with Crippen molar-refractivity contribution >= 4 is 28.9 Å². The fourth-order valence-corrected chi connectivity index (χ4v) is 6.26. The minimum atomic E-state index is -0.155. The molecule has 3 heterocycles. The molecule has 0 aliphatic carbocycles. The summed E-state index contributed by atoms with van der Waals surface area (Å²) in [7, 11) is 1.60. The Labute approximate surface area is 247 Å². The molecule has 1 aliphatic heterocycles. The zero-order valence-corrected chi connectivity index (χ0v) is 25.1. The van der Waals surface area contributed by atoms with E-state index in [4.69, 9.17) is 17.0 Å². The molecule has 5 rings (SSSR count). The summed E-state index contributed by atoms with van der Waals surface area (Å²) in [6, 6.07) is 21.8. The van der Waals surface area contributed by atoms with Gasteiger partial charge in [0.25, 0.3) is 0 Å². The van der Waals surface area contributed by atoms with Gasteiger partial charge in [-0.25, -0.2) is 0 Å². The molecule has 0 spiro atoms. The molecule has 0 radical (unpaired) electrons. The summed E-state index contributed by atoms with van der Waals surface area (Å²) in [5.74, 6) is 0.526. The van der Waals surface area contributed by atoms with Crippen molar-refractivity contribution in [1.29, 1.82) is 0 Å². The van der Waals surface area contributed by atoms with E-state index in [0.29, 0.717) is 23.1 Å². The van der Waals surface area contributed by atoms with Crippen LogP contribution in [-0.4, -0.2) is 39.1 Å². The smallest absolute Gasteiger partial charge is 0.226 e. The highest BCUT2D eigenvalue weighted by Crippen LogP contribution is 2.42. The largest absolute Gasteiger partial charge is 0.495 e. The van der Waals surface area contributed by atoms with Gasteiger partial charge >= 0.3 is 0 Å². The van der Waals surface area contributed by atoms with Crippen LogP contribution in [0.25, 0.3) is 5.69 Å². The lowest BCUT2D eigenvalue weighted by atomic mass is 9.96. The second-order valence-corrected chi connectivity index (χ2v) is 10.8. The van der Waals surface area contributed by atoms with E-state index >= 15 is 0 Å². The molecule has 2 atom stereocenters. The highest BCUT2D eigenvalue weighted by molar-refractivity contribution is 7.80. The maximum Gasteiger partial charge on any atom is 0.226 e. The zero-order valence-electron chi connectivity index (χ0n) is 24.3. The van der Waals surface area contributed by atoms with Gasteiger partial charge in [0.05, 0.1) is 36.3 Å². The molecule has 2 aromatic carbocycles. The third-order valence-corrected chi connectivity index (χ3v) is 8.23. The summed E-state index contributed by atoms with van der Waals surface area (Å²) in [6.07, 6.45) is 3.02. The Bertz CT molecular complexity index is 1570. The van der Waals surface area contributed by atoms with E-state index < -0.39 is 0 Å². The molecule has 7 nitrogen and oxygen atoms in total. The number of methoxy groups -OCH3 is 1. The average molecular weight is 568 g/mol. The van der Waals surface area contributed by atoms with Crippen molar-refractivity contribution in [3.63, 3.8) is 0 Å². The van der Waals surface area contributed by atoms with Gasteiger partial charge in [-0.3, -0.25) is 9.78 Å². The quantitative estimate of drug-likeness (QED) is 0.229. The number of carbonyl (C=O) groups is 1. The molecule has 8 heteroatoms. The van der Waals surface area contributed by atoms with E-state index in [1.165, 1.54) is 22.4 Å². The first kappa shape index (κ1) is 28.4. The summed E-state index contributed by atoms with van der Waals surface area (Å²) in [5.41, 5.74) is 8.84. The van der Waals surface area contributed by atoms with Crippen molar-refractivity contribution in [2.45, 2.75) is 52.6 Å². The normalized spacial score (nSPS) is 16.5. The molecule has 2 aromatic heterocycles. The van der Waals surface area contributed by atoms with Crippen molar-refractivity contribution in [2.75, 3.05) is 19.0 Å². The Morgan fingerprint density at radius 1 is 1.07 bits per heavy atom. The Morgan fingerprint density at radius 3 is 2.59 bits per heavy atom. The average Bonchev–Trinajstić information content (AvgIpc) is 3.46. The number of para-hydroxylation sites is 3. The van der Waals surface area contributed by atoms with E-state index in [1.807, 2.05) is 48.7 Å². The molecule has 212 valence electrons. The molecular formula is C33H37N5O2S. The second kappa shape index (κ2) is 12.1. The number of benzene rings is 2. The van der Waals surface area contributed by atoms with Crippen molar-refractivity contribution in [2.24, 2.45) is 0 Å². The number of aryl methyl sites for hydroxylation is 3. The fraction of sp³-hybridized carbons (Fsp3) is 0.303. The molecule has 2 N–H and O–H groups in total. The third-order valence-electron chi connectivity index (χ3n) is 7.87. The zero-order chi connectivity index (χ0) is 29.1. The number of nitrogens with one attached hydrogen (secondary N) is 2. The number of ether oxygens (including phenoxy) is 1. The summed E-state index contributed by atoms with van der Waals surface area (Å²) in [5, 5.41) is 7.13. The number of pyridine rings is 1. The molecular weight excluding hydrogens is 530 g/mol. The van der Waals surface area contributed by atoms with Crippen LogP contribution in [0.4, 0.5) is 5.69 Å². The van der Waals surface area contributed by atoms with Crippen LogP contribution in [0.3, 0.4) is 0 Å². The number of carbonyl (C=O) groups excluding carboxylic acids is 1. The topological polar surface area (TPSA) is 71.4 Å². The van der Waals surface area contributed by atoms with Gasteiger partial charge in [-0.15, -0.1) is 0 Å². The van der Waals surface area contributed by atoms with Crippen LogP contribution in [0.1, 0.15) is 59.2 Å². The molecule has 0 saturated carbocycles. The van der Waals surface area contributed by atoms with Crippen molar-refractivity contribution < 1.29 is 9.53 Å². The number of hydrogen-bond acceptors (Lipinski definition) is 4. The number of nitrogens with zero attached hydrogens (tertiary/aromatic N) is 3.